The summed E-state index contributed by atoms with van der Waals surface area (Å²) in [6.45, 7) is 2.88. The van der Waals surface area contributed by atoms with Crippen molar-refractivity contribution in [3.63, 3.8) is 0 Å². The molecule has 0 saturated heterocycles. The van der Waals surface area contributed by atoms with Crippen LogP contribution in [0.15, 0.2) is 42.6 Å². The number of rotatable bonds is 5. The van der Waals surface area contributed by atoms with Gasteiger partial charge in [-0.3, -0.25) is 4.79 Å². The molecule has 1 heterocycles. The van der Waals surface area contributed by atoms with Gasteiger partial charge in [-0.2, -0.15) is 0 Å². The lowest BCUT2D eigenvalue weighted by Gasteiger charge is -2.10. The lowest BCUT2D eigenvalue weighted by atomic mass is 10.2. The van der Waals surface area contributed by atoms with Gasteiger partial charge < -0.3 is 10.6 Å². The van der Waals surface area contributed by atoms with E-state index in [0.717, 1.165) is 11.8 Å². The number of carbonyl (C=O) groups excluding carboxylic acids is 1. The minimum Gasteiger partial charge on any atom is -0.370 e. The maximum atomic E-state index is 13.2. The van der Waals surface area contributed by atoms with E-state index in [4.69, 9.17) is 0 Å². The summed E-state index contributed by atoms with van der Waals surface area (Å²) in [6.07, 6.45) is 1.09. The molecule has 0 atom stereocenters. The molecule has 1 aromatic carbocycles. The quantitative estimate of drug-likeness (QED) is 0.880. The molecule has 0 saturated carbocycles. The van der Waals surface area contributed by atoms with Gasteiger partial charge in [-0.15, -0.1) is 0 Å². The third-order valence-corrected chi connectivity index (χ3v) is 2.74. The molecule has 104 valence electrons. The Morgan fingerprint density at radius 1 is 1.30 bits per heavy atom. The largest absolute Gasteiger partial charge is 0.370 e. The molecule has 1 aromatic heterocycles. The Morgan fingerprint density at radius 3 is 2.75 bits per heavy atom. The van der Waals surface area contributed by atoms with Gasteiger partial charge in [-0.1, -0.05) is 30.3 Å². The molecule has 5 heteroatoms. The summed E-state index contributed by atoms with van der Waals surface area (Å²) in [7, 11) is 0. The van der Waals surface area contributed by atoms with Crippen molar-refractivity contribution < 1.29 is 9.18 Å². The van der Waals surface area contributed by atoms with E-state index < -0.39 is 5.82 Å². The topological polar surface area (TPSA) is 54.0 Å². The van der Waals surface area contributed by atoms with E-state index in [1.165, 1.54) is 6.07 Å². The molecule has 0 bridgehead atoms. The predicted molar refractivity (Wildman–Crippen MR) is 76.0 cm³/mol. The molecule has 0 aliphatic heterocycles. The van der Waals surface area contributed by atoms with Gasteiger partial charge in [0.15, 0.2) is 0 Å². The van der Waals surface area contributed by atoms with Crippen LogP contribution in [0.1, 0.15) is 22.8 Å². The monoisotopic (exact) mass is 273 g/mol. The van der Waals surface area contributed by atoms with Crippen molar-refractivity contribution in [2.45, 2.75) is 13.5 Å². The molecule has 2 N–H and O–H groups in total. The van der Waals surface area contributed by atoms with Crippen molar-refractivity contribution in [3.05, 3.63) is 59.5 Å². The summed E-state index contributed by atoms with van der Waals surface area (Å²) < 4.78 is 13.2. The van der Waals surface area contributed by atoms with E-state index in [0.29, 0.717) is 18.9 Å². The molecule has 0 aliphatic rings. The first-order valence-corrected chi connectivity index (χ1v) is 6.42. The van der Waals surface area contributed by atoms with Gasteiger partial charge in [0, 0.05) is 13.1 Å². The number of anilines is 1. The average Bonchev–Trinajstić information content (AvgIpc) is 2.48. The van der Waals surface area contributed by atoms with Gasteiger partial charge in [-0.25, -0.2) is 9.37 Å². The fourth-order valence-electron chi connectivity index (χ4n) is 1.79. The molecular formula is C15H16FN3O. The zero-order valence-electron chi connectivity index (χ0n) is 11.2. The van der Waals surface area contributed by atoms with Gasteiger partial charge in [0.1, 0.15) is 11.6 Å². The fraction of sp³-hybridized carbons (Fsp3) is 0.200. The minimum absolute atomic E-state index is 0.211. The van der Waals surface area contributed by atoms with Gasteiger partial charge >= 0.3 is 0 Å². The number of amides is 1. The number of carbonyl (C=O) groups is 1. The zero-order chi connectivity index (χ0) is 14.4. The number of benzene rings is 1. The maximum Gasteiger partial charge on any atom is 0.255 e. The van der Waals surface area contributed by atoms with Crippen LogP contribution in [0.3, 0.4) is 0 Å². The van der Waals surface area contributed by atoms with Gasteiger partial charge in [0.25, 0.3) is 5.91 Å². The molecule has 2 rings (SSSR count). The number of halogens is 1. The molecule has 2 aromatic rings. The first kappa shape index (κ1) is 14.0. The maximum absolute atomic E-state index is 13.2. The van der Waals surface area contributed by atoms with E-state index in [1.807, 2.05) is 37.3 Å². The van der Waals surface area contributed by atoms with E-state index in [9.17, 15) is 9.18 Å². The van der Waals surface area contributed by atoms with Crippen molar-refractivity contribution >= 4 is 11.7 Å². The number of nitrogens with zero attached hydrogens (tertiary/aromatic N) is 1. The minimum atomic E-state index is -0.531. The van der Waals surface area contributed by atoms with Crippen LogP contribution in [-0.4, -0.2) is 17.4 Å². The third kappa shape index (κ3) is 3.54. The Bertz CT molecular complexity index is 587. The molecule has 0 aliphatic carbocycles. The van der Waals surface area contributed by atoms with E-state index in [2.05, 4.69) is 15.6 Å². The van der Waals surface area contributed by atoms with Crippen molar-refractivity contribution in [1.29, 1.82) is 0 Å². The summed E-state index contributed by atoms with van der Waals surface area (Å²) >= 11 is 0. The Kier molecular flexibility index (Phi) is 4.65. The summed E-state index contributed by atoms with van der Waals surface area (Å²) in [5.41, 5.74) is 1.19. The lowest BCUT2D eigenvalue weighted by molar-refractivity contribution is 0.0951. The third-order valence-electron chi connectivity index (χ3n) is 2.74. The fourth-order valence-corrected chi connectivity index (χ4v) is 1.79. The summed E-state index contributed by atoms with van der Waals surface area (Å²) in [6, 6.07) is 10.7. The first-order valence-electron chi connectivity index (χ1n) is 6.42. The molecule has 0 spiro atoms. The number of hydrogen-bond donors (Lipinski definition) is 2. The Hall–Kier alpha value is -2.43. The van der Waals surface area contributed by atoms with Crippen LogP contribution in [0.4, 0.5) is 10.2 Å². The van der Waals surface area contributed by atoms with Gasteiger partial charge in [0.05, 0.1) is 11.8 Å². The second-order valence-electron chi connectivity index (χ2n) is 4.25. The highest BCUT2D eigenvalue weighted by atomic mass is 19.1. The zero-order valence-corrected chi connectivity index (χ0v) is 11.2. The first-order chi connectivity index (χ1) is 9.70. The smallest absolute Gasteiger partial charge is 0.255 e. The van der Waals surface area contributed by atoms with Crippen LogP contribution in [0.5, 0.6) is 0 Å². The second kappa shape index (κ2) is 6.65. The normalized spacial score (nSPS) is 10.1. The Labute approximate surface area is 117 Å². The molecule has 0 unspecified atom stereocenters. The number of nitrogens with one attached hydrogen (secondary N) is 2. The lowest BCUT2D eigenvalue weighted by Crippen LogP contribution is -2.24. The van der Waals surface area contributed by atoms with Crippen LogP contribution in [0.2, 0.25) is 0 Å². The van der Waals surface area contributed by atoms with Crippen LogP contribution in [0, 0.1) is 5.82 Å². The summed E-state index contributed by atoms with van der Waals surface area (Å²) in [5, 5.41) is 5.70. The van der Waals surface area contributed by atoms with Crippen molar-refractivity contribution in [2.24, 2.45) is 0 Å². The summed E-state index contributed by atoms with van der Waals surface area (Å²) in [5.74, 6) is -0.493. The number of hydrogen-bond acceptors (Lipinski definition) is 3. The Balaban J connectivity index is 2.10. The Morgan fingerprint density at radius 2 is 2.05 bits per heavy atom. The van der Waals surface area contributed by atoms with E-state index in [-0.39, 0.29) is 11.5 Å². The highest BCUT2D eigenvalue weighted by Crippen LogP contribution is 2.13. The SMILES string of the molecule is CCNc1ncc(F)cc1C(=O)NCc1ccccc1. The van der Waals surface area contributed by atoms with Gasteiger partial charge in [-0.05, 0) is 18.6 Å². The molecule has 1 amide bonds. The second-order valence-corrected chi connectivity index (χ2v) is 4.25. The average molecular weight is 273 g/mol. The van der Waals surface area contributed by atoms with Crippen molar-refractivity contribution in [1.82, 2.24) is 10.3 Å². The van der Waals surface area contributed by atoms with Crippen LogP contribution in [-0.2, 0) is 6.54 Å². The summed E-state index contributed by atoms with van der Waals surface area (Å²) in [4.78, 5) is 16.0. The highest BCUT2D eigenvalue weighted by molar-refractivity contribution is 5.98. The molecule has 0 radical (unpaired) electrons. The molecular weight excluding hydrogens is 257 g/mol. The van der Waals surface area contributed by atoms with Crippen molar-refractivity contribution in [3.8, 4) is 0 Å². The standard InChI is InChI=1S/C15H16FN3O/c1-2-17-14-13(8-12(16)10-18-14)15(20)19-9-11-6-4-3-5-7-11/h3-8,10H,2,9H2,1H3,(H,17,18)(H,19,20). The number of aromatic nitrogens is 1. The highest BCUT2D eigenvalue weighted by Gasteiger charge is 2.13. The van der Waals surface area contributed by atoms with Crippen LogP contribution in [0.25, 0.3) is 0 Å². The van der Waals surface area contributed by atoms with E-state index in [1.54, 1.807) is 0 Å². The number of pyridine rings is 1. The van der Waals surface area contributed by atoms with E-state index >= 15 is 0 Å². The van der Waals surface area contributed by atoms with Crippen LogP contribution >= 0.6 is 0 Å². The molecule has 0 fully saturated rings. The predicted octanol–water partition coefficient (Wildman–Crippen LogP) is 2.58. The van der Waals surface area contributed by atoms with Crippen LogP contribution < -0.4 is 10.6 Å². The van der Waals surface area contributed by atoms with Gasteiger partial charge in [0.2, 0.25) is 0 Å². The molecule has 4 nitrogen and oxygen atoms in total. The van der Waals surface area contributed by atoms with Crippen molar-refractivity contribution in [2.75, 3.05) is 11.9 Å². The molecule has 20 heavy (non-hydrogen) atoms.